The Labute approximate surface area is 87.7 Å². The maximum absolute atomic E-state index is 10.2. The summed E-state index contributed by atoms with van der Waals surface area (Å²) >= 11 is 5.72. The summed E-state index contributed by atoms with van der Waals surface area (Å²) in [5, 5.41) is 11.9. The molecule has 1 rings (SSSR count). The summed E-state index contributed by atoms with van der Waals surface area (Å²) in [7, 11) is 0. The molecule has 0 amide bonds. The van der Waals surface area contributed by atoms with E-state index in [-0.39, 0.29) is 6.54 Å². The van der Waals surface area contributed by atoms with E-state index in [0.29, 0.717) is 11.6 Å². The lowest BCUT2D eigenvalue weighted by Crippen LogP contribution is -2.24. The number of carbonyl (C=O) groups is 1. The van der Waals surface area contributed by atoms with Gasteiger partial charge in [0.05, 0.1) is 6.54 Å². The third-order valence-electron chi connectivity index (χ3n) is 1.78. The zero-order chi connectivity index (χ0) is 10.4. The molecule has 0 aliphatic heterocycles. The van der Waals surface area contributed by atoms with Crippen molar-refractivity contribution in [3.63, 3.8) is 0 Å². The van der Waals surface area contributed by atoms with Crippen molar-refractivity contribution in [3.8, 4) is 0 Å². The number of rotatable bonds is 5. The molecule has 2 N–H and O–H groups in total. The van der Waals surface area contributed by atoms with Gasteiger partial charge in [-0.25, -0.2) is 0 Å². The van der Waals surface area contributed by atoms with Crippen molar-refractivity contribution in [2.75, 3.05) is 13.1 Å². The molecule has 0 saturated heterocycles. The third kappa shape index (κ3) is 4.25. The van der Waals surface area contributed by atoms with Crippen LogP contribution < -0.4 is 5.32 Å². The quantitative estimate of drug-likeness (QED) is 0.730. The molecule has 0 aromatic heterocycles. The monoisotopic (exact) mass is 213 g/mol. The minimum atomic E-state index is -0.832. The van der Waals surface area contributed by atoms with E-state index >= 15 is 0 Å². The van der Waals surface area contributed by atoms with Crippen molar-refractivity contribution in [2.45, 2.75) is 6.42 Å². The minimum absolute atomic E-state index is 0.00753. The van der Waals surface area contributed by atoms with Crippen molar-refractivity contribution in [1.82, 2.24) is 5.32 Å². The Morgan fingerprint density at radius 3 is 2.57 bits per heavy atom. The first kappa shape index (κ1) is 11.0. The van der Waals surface area contributed by atoms with Gasteiger partial charge in [0, 0.05) is 5.02 Å². The first-order chi connectivity index (χ1) is 6.68. The minimum Gasteiger partial charge on any atom is -0.480 e. The predicted octanol–water partition coefficient (Wildman–Crippen LogP) is 1.56. The van der Waals surface area contributed by atoms with E-state index in [9.17, 15) is 4.79 Å². The van der Waals surface area contributed by atoms with Crippen molar-refractivity contribution in [2.24, 2.45) is 0 Å². The van der Waals surface area contributed by atoms with Crippen LogP contribution in [0.3, 0.4) is 0 Å². The molecule has 0 saturated carbocycles. The molecule has 0 aliphatic carbocycles. The van der Waals surface area contributed by atoms with Gasteiger partial charge in [-0.2, -0.15) is 0 Å². The second-order valence-electron chi connectivity index (χ2n) is 2.95. The predicted molar refractivity (Wildman–Crippen MR) is 55.7 cm³/mol. The Balaban J connectivity index is 2.25. The third-order valence-corrected chi connectivity index (χ3v) is 2.03. The number of aliphatic carboxylic acids is 1. The number of halogens is 1. The highest BCUT2D eigenvalue weighted by atomic mass is 35.5. The number of carboxylic acid groups (broad SMARTS) is 1. The number of benzene rings is 1. The standard InChI is InChI=1S/C10H12ClNO2/c11-9-3-1-8(2-4-9)5-6-12-7-10(13)14/h1-4,12H,5-7H2,(H,13,14). The Hall–Kier alpha value is -1.06. The fraction of sp³-hybridized carbons (Fsp3) is 0.300. The molecular formula is C10H12ClNO2. The van der Waals surface area contributed by atoms with Crippen LogP contribution in [-0.4, -0.2) is 24.2 Å². The summed E-state index contributed by atoms with van der Waals surface area (Å²) in [6, 6.07) is 7.53. The summed E-state index contributed by atoms with van der Waals surface area (Å²) in [5.74, 6) is -0.832. The highest BCUT2D eigenvalue weighted by Gasteiger charge is 1.96. The first-order valence-corrected chi connectivity index (χ1v) is 4.73. The molecule has 1 aromatic carbocycles. The van der Waals surface area contributed by atoms with Crippen LogP contribution in [0.1, 0.15) is 5.56 Å². The van der Waals surface area contributed by atoms with Crippen LogP contribution in [0.25, 0.3) is 0 Å². The summed E-state index contributed by atoms with van der Waals surface area (Å²) in [5.41, 5.74) is 1.15. The SMILES string of the molecule is O=C(O)CNCCc1ccc(Cl)cc1. The van der Waals surface area contributed by atoms with Crippen LogP contribution in [-0.2, 0) is 11.2 Å². The molecule has 0 spiro atoms. The zero-order valence-electron chi connectivity index (χ0n) is 7.66. The second kappa shape index (κ2) is 5.62. The maximum atomic E-state index is 10.2. The van der Waals surface area contributed by atoms with Crippen LogP contribution in [0.15, 0.2) is 24.3 Å². The molecule has 0 aliphatic rings. The molecule has 0 bridgehead atoms. The fourth-order valence-corrected chi connectivity index (χ4v) is 1.21. The molecule has 0 fully saturated rings. The van der Waals surface area contributed by atoms with Crippen LogP contribution in [0, 0.1) is 0 Å². The van der Waals surface area contributed by atoms with Crippen molar-refractivity contribution in [1.29, 1.82) is 0 Å². The zero-order valence-corrected chi connectivity index (χ0v) is 8.42. The Kier molecular flexibility index (Phi) is 4.43. The number of hydrogen-bond acceptors (Lipinski definition) is 2. The van der Waals surface area contributed by atoms with Gasteiger partial charge in [0.2, 0.25) is 0 Å². The average molecular weight is 214 g/mol. The molecule has 76 valence electrons. The van der Waals surface area contributed by atoms with Crippen LogP contribution in [0.2, 0.25) is 5.02 Å². The molecule has 0 heterocycles. The molecular weight excluding hydrogens is 202 g/mol. The summed E-state index contributed by atoms with van der Waals surface area (Å²) in [6.07, 6.45) is 0.810. The lowest BCUT2D eigenvalue weighted by Gasteiger charge is -2.02. The summed E-state index contributed by atoms with van der Waals surface area (Å²) in [4.78, 5) is 10.2. The van der Waals surface area contributed by atoms with Gasteiger partial charge in [0.25, 0.3) is 0 Å². The van der Waals surface area contributed by atoms with E-state index in [1.54, 1.807) is 0 Å². The van der Waals surface area contributed by atoms with Gasteiger partial charge < -0.3 is 10.4 Å². The fourth-order valence-electron chi connectivity index (χ4n) is 1.08. The van der Waals surface area contributed by atoms with Crippen molar-refractivity contribution in [3.05, 3.63) is 34.9 Å². The van der Waals surface area contributed by atoms with Gasteiger partial charge in [0.15, 0.2) is 0 Å². The van der Waals surface area contributed by atoms with Gasteiger partial charge in [0.1, 0.15) is 0 Å². The maximum Gasteiger partial charge on any atom is 0.317 e. The van der Waals surface area contributed by atoms with Gasteiger partial charge in [-0.15, -0.1) is 0 Å². The lowest BCUT2D eigenvalue weighted by atomic mass is 10.1. The van der Waals surface area contributed by atoms with E-state index in [4.69, 9.17) is 16.7 Å². The topological polar surface area (TPSA) is 49.3 Å². The van der Waals surface area contributed by atoms with E-state index in [2.05, 4.69) is 5.32 Å². The number of carboxylic acids is 1. The second-order valence-corrected chi connectivity index (χ2v) is 3.38. The normalized spacial score (nSPS) is 10.1. The molecule has 0 radical (unpaired) electrons. The Morgan fingerprint density at radius 2 is 2.00 bits per heavy atom. The van der Waals surface area contributed by atoms with Crippen LogP contribution >= 0.6 is 11.6 Å². The van der Waals surface area contributed by atoms with Crippen LogP contribution in [0.4, 0.5) is 0 Å². The molecule has 14 heavy (non-hydrogen) atoms. The Morgan fingerprint density at radius 1 is 1.36 bits per heavy atom. The largest absolute Gasteiger partial charge is 0.480 e. The van der Waals surface area contributed by atoms with E-state index < -0.39 is 5.97 Å². The Bertz CT molecular complexity index is 297. The molecule has 4 heteroatoms. The van der Waals surface area contributed by atoms with Gasteiger partial charge >= 0.3 is 5.97 Å². The van der Waals surface area contributed by atoms with Crippen molar-refractivity contribution < 1.29 is 9.90 Å². The molecule has 0 unspecified atom stereocenters. The number of hydrogen-bond donors (Lipinski definition) is 2. The summed E-state index contributed by atoms with van der Waals surface area (Å²) < 4.78 is 0. The molecule has 1 aromatic rings. The smallest absolute Gasteiger partial charge is 0.317 e. The lowest BCUT2D eigenvalue weighted by molar-refractivity contribution is -0.135. The first-order valence-electron chi connectivity index (χ1n) is 4.35. The number of nitrogens with one attached hydrogen (secondary N) is 1. The average Bonchev–Trinajstić information content (AvgIpc) is 2.15. The van der Waals surface area contributed by atoms with Crippen LogP contribution in [0.5, 0.6) is 0 Å². The molecule has 3 nitrogen and oxygen atoms in total. The highest BCUT2D eigenvalue weighted by Crippen LogP contribution is 2.09. The van der Waals surface area contributed by atoms with E-state index in [1.807, 2.05) is 24.3 Å². The van der Waals surface area contributed by atoms with E-state index in [0.717, 1.165) is 12.0 Å². The van der Waals surface area contributed by atoms with Gasteiger partial charge in [-0.1, -0.05) is 23.7 Å². The van der Waals surface area contributed by atoms with E-state index in [1.165, 1.54) is 0 Å². The van der Waals surface area contributed by atoms with Crippen molar-refractivity contribution >= 4 is 17.6 Å². The highest BCUT2D eigenvalue weighted by molar-refractivity contribution is 6.30. The molecule has 0 atom stereocenters. The van der Waals surface area contributed by atoms with Gasteiger partial charge in [-0.3, -0.25) is 4.79 Å². The van der Waals surface area contributed by atoms with Gasteiger partial charge in [-0.05, 0) is 30.7 Å². The summed E-state index contributed by atoms with van der Waals surface area (Å²) in [6.45, 7) is 0.668.